The number of sulfonamides is 1. The SMILES string of the molecule is Cc1cc(NS(=O)(=O)c2cc(Br)ccc2C)ccc1N. The Morgan fingerprint density at radius 1 is 1.05 bits per heavy atom. The van der Waals surface area contributed by atoms with Crippen molar-refractivity contribution in [3.63, 3.8) is 0 Å². The van der Waals surface area contributed by atoms with Crippen molar-refractivity contribution < 1.29 is 8.42 Å². The van der Waals surface area contributed by atoms with Crippen molar-refractivity contribution in [3.8, 4) is 0 Å². The molecular weight excluding hydrogens is 340 g/mol. The van der Waals surface area contributed by atoms with Crippen LogP contribution in [0.3, 0.4) is 0 Å². The Morgan fingerprint density at radius 2 is 1.75 bits per heavy atom. The van der Waals surface area contributed by atoms with Crippen molar-refractivity contribution in [2.24, 2.45) is 0 Å². The molecule has 2 aromatic rings. The van der Waals surface area contributed by atoms with Gasteiger partial charge in [0.15, 0.2) is 0 Å². The highest BCUT2D eigenvalue weighted by Crippen LogP contribution is 2.24. The van der Waals surface area contributed by atoms with Gasteiger partial charge in [0.2, 0.25) is 0 Å². The van der Waals surface area contributed by atoms with Crippen LogP contribution in [0, 0.1) is 13.8 Å². The highest BCUT2D eigenvalue weighted by molar-refractivity contribution is 9.10. The Labute approximate surface area is 127 Å². The number of anilines is 2. The van der Waals surface area contributed by atoms with E-state index in [1.165, 1.54) is 0 Å². The molecule has 20 heavy (non-hydrogen) atoms. The van der Waals surface area contributed by atoms with Crippen LogP contribution in [-0.4, -0.2) is 8.42 Å². The number of nitrogens with two attached hydrogens (primary N) is 1. The van der Waals surface area contributed by atoms with Gasteiger partial charge in [-0.05, 0) is 55.3 Å². The third-order valence-electron chi connectivity index (χ3n) is 2.96. The molecule has 0 aromatic heterocycles. The Morgan fingerprint density at radius 3 is 2.40 bits per heavy atom. The number of benzene rings is 2. The van der Waals surface area contributed by atoms with Gasteiger partial charge in [0, 0.05) is 15.8 Å². The molecule has 0 heterocycles. The summed E-state index contributed by atoms with van der Waals surface area (Å²) in [5, 5.41) is 0. The first kappa shape index (κ1) is 14.9. The van der Waals surface area contributed by atoms with E-state index in [0.29, 0.717) is 16.9 Å². The van der Waals surface area contributed by atoms with Crippen LogP contribution in [0.5, 0.6) is 0 Å². The first-order valence-corrected chi connectivity index (χ1v) is 8.22. The van der Waals surface area contributed by atoms with Crippen molar-refractivity contribution in [2.75, 3.05) is 10.5 Å². The van der Waals surface area contributed by atoms with E-state index in [0.717, 1.165) is 10.0 Å². The van der Waals surface area contributed by atoms with Crippen LogP contribution >= 0.6 is 15.9 Å². The van der Waals surface area contributed by atoms with E-state index in [9.17, 15) is 8.42 Å². The van der Waals surface area contributed by atoms with Crippen LogP contribution in [0.2, 0.25) is 0 Å². The van der Waals surface area contributed by atoms with E-state index in [1.807, 2.05) is 13.0 Å². The Hall–Kier alpha value is -1.53. The molecule has 0 spiro atoms. The maximum absolute atomic E-state index is 12.4. The minimum absolute atomic E-state index is 0.251. The number of nitrogens with one attached hydrogen (secondary N) is 1. The van der Waals surface area contributed by atoms with Gasteiger partial charge in [-0.25, -0.2) is 8.42 Å². The second kappa shape index (κ2) is 5.46. The van der Waals surface area contributed by atoms with Crippen LogP contribution in [0.25, 0.3) is 0 Å². The summed E-state index contributed by atoms with van der Waals surface area (Å²) in [6.45, 7) is 3.59. The molecule has 0 fully saturated rings. The van der Waals surface area contributed by atoms with Gasteiger partial charge in [0.1, 0.15) is 0 Å². The van der Waals surface area contributed by atoms with E-state index in [2.05, 4.69) is 20.7 Å². The minimum Gasteiger partial charge on any atom is -0.399 e. The maximum atomic E-state index is 12.4. The lowest BCUT2D eigenvalue weighted by atomic mass is 10.2. The van der Waals surface area contributed by atoms with E-state index in [-0.39, 0.29) is 4.90 Å². The normalized spacial score (nSPS) is 11.3. The second-order valence-electron chi connectivity index (χ2n) is 4.59. The summed E-state index contributed by atoms with van der Waals surface area (Å²) in [5.41, 5.74) is 8.37. The highest BCUT2D eigenvalue weighted by Gasteiger charge is 2.17. The molecule has 0 radical (unpaired) electrons. The summed E-state index contributed by atoms with van der Waals surface area (Å²) in [5.74, 6) is 0. The molecule has 0 bridgehead atoms. The molecule has 0 aliphatic carbocycles. The molecule has 106 valence electrons. The van der Waals surface area contributed by atoms with Crippen LogP contribution in [0.1, 0.15) is 11.1 Å². The molecular formula is C14H15BrN2O2S. The summed E-state index contributed by atoms with van der Waals surface area (Å²) in [7, 11) is -3.62. The average Bonchev–Trinajstić information content (AvgIpc) is 2.36. The lowest BCUT2D eigenvalue weighted by Crippen LogP contribution is -2.14. The van der Waals surface area contributed by atoms with E-state index < -0.39 is 10.0 Å². The Balaban J connectivity index is 2.40. The van der Waals surface area contributed by atoms with Gasteiger partial charge in [-0.2, -0.15) is 0 Å². The molecule has 2 rings (SSSR count). The fourth-order valence-electron chi connectivity index (χ4n) is 1.81. The lowest BCUT2D eigenvalue weighted by Gasteiger charge is -2.12. The smallest absolute Gasteiger partial charge is 0.262 e. The average molecular weight is 355 g/mol. The highest BCUT2D eigenvalue weighted by atomic mass is 79.9. The predicted molar refractivity (Wildman–Crippen MR) is 85.3 cm³/mol. The largest absolute Gasteiger partial charge is 0.399 e. The number of halogens is 1. The van der Waals surface area contributed by atoms with Gasteiger partial charge in [0.25, 0.3) is 10.0 Å². The van der Waals surface area contributed by atoms with E-state index in [1.54, 1.807) is 37.3 Å². The fraction of sp³-hybridized carbons (Fsp3) is 0.143. The predicted octanol–water partition coefficient (Wildman–Crippen LogP) is 3.45. The quantitative estimate of drug-likeness (QED) is 0.829. The summed E-state index contributed by atoms with van der Waals surface area (Å²) >= 11 is 3.29. The van der Waals surface area contributed by atoms with E-state index >= 15 is 0 Å². The zero-order valence-corrected chi connectivity index (χ0v) is 13.5. The fourth-order valence-corrected chi connectivity index (χ4v) is 3.65. The molecule has 0 saturated carbocycles. The van der Waals surface area contributed by atoms with Gasteiger partial charge in [-0.3, -0.25) is 4.72 Å². The standard InChI is InChI=1S/C14H15BrN2O2S/c1-9-3-4-11(15)8-14(9)20(18,19)17-12-5-6-13(16)10(2)7-12/h3-8,17H,16H2,1-2H3. The van der Waals surface area contributed by atoms with Crippen LogP contribution in [0.15, 0.2) is 45.8 Å². The molecule has 0 unspecified atom stereocenters. The second-order valence-corrected chi connectivity index (χ2v) is 7.15. The molecule has 0 amide bonds. The van der Waals surface area contributed by atoms with Crippen molar-refractivity contribution in [1.29, 1.82) is 0 Å². The molecule has 4 nitrogen and oxygen atoms in total. The van der Waals surface area contributed by atoms with Gasteiger partial charge < -0.3 is 5.73 Å². The summed E-state index contributed by atoms with van der Waals surface area (Å²) in [6, 6.07) is 10.2. The minimum atomic E-state index is -3.62. The molecule has 0 aliphatic heterocycles. The zero-order chi connectivity index (χ0) is 14.9. The summed E-state index contributed by atoms with van der Waals surface area (Å²) in [4.78, 5) is 0.251. The summed E-state index contributed by atoms with van der Waals surface area (Å²) in [6.07, 6.45) is 0. The Bertz CT molecular complexity index is 758. The van der Waals surface area contributed by atoms with Crippen molar-refractivity contribution in [3.05, 3.63) is 52.0 Å². The van der Waals surface area contributed by atoms with Crippen molar-refractivity contribution >= 4 is 37.3 Å². The number of hydrogen-bond donors (Lipinski definition) is 2. The third-order valence-corrected chi connectivity index (χ3v) is 4.98. The molecule has 0 aliphatic rings. The first-order chi connectivity index (χ1) is 9.29. The van der Waals surface area contributed by atoms with Gasteiger partial charge in [0.05, 0.1) is 4.90 Å². The summed E-state index contributed by atoms with van der Waals surface area (Å²) < 4.78 is 28.1. The lowest BCUT2D eigenvalue weighted by molar-refractivity contribution is 0.600. The van der Waals surface area contributed by atoms with E-state index in [4.69, 9.17) is 5.73 Å². The van der Waals surface area contributed by atoms with Crippen LogP contribution in [-0.2, 0) is 10.0 Å². The number of aryl methyl sites for hydroxylation is 2. The molecule has 3 N–H and O–H groups in total. The van der Waals surface area contributed by atoms with Gasteiger partial charge >= 0.3 is 0 Å². The van der Waals surface area contributed by atoms with Gasteiger partial charge in [-0.15, -0.1) is 0 Å². The third kappa shape index (κ3) is 3.13. The van der Waals surface area contributed by atoms with Gasteiger partial charge in [-0.1, -0.05) is 22.0 Å². The van der Waals surface area contributed by atoms with Crippen LogP contribution in [0.4, 0.5) is 11.4 Å². The maximum Gasteiger partial charge on any atom is 0.262 e. The molecule has 2 aromatic carbocycles. The number of hydrogen-bond acceptors (Lipinski definition) is 3. The monoisotopic (exact) mass is 354 g/mol. The Kier molecular flexibility index (Phi) is 4.06. The number of nitrogen functional groups attached to an aromatic ring is 1. The molecule has 0 saturated heterocycles. The molecule has 6 heteroatoms. The van der Waals surface area contributed by atoms with Crippen LogP contribution < -0.4 is 10.5 Å². The zero-order valence-electron chi connectivity index (χ0n) is 11.1. The number of rotatable bonds is 3. The van der Waals surface area contributed by atoms with Crippen molar-refractivity contribution in [1.82, 2.24) is 0 Å². The van der Waals surface area contributed by atoms with Crippen molar-refractivity contribution in [2.45, 2.75) is 18.7 Å². The first-order valence-electron chi connectivity index (χ1n) is 5.95. The molecule has 0 atom stereocenters. The topological polar surface area (TPSA) is 72.2 Å².